The van der Waals surface area contributed by atoms with Gasteiger partial charge >= 0.3 is 0 Å². The van der Waals surface area contributed by atoms with Gasteiger partial charge in [0.25, 0.3) is 0 Å². The number of aliphatic hydroxyl groups excluding tert-OH is 2. The Balaban J connectivity index is 1.73. The van der Waals surface area contributed by atoms with Gasteiger partial charge in [0.05, 0.1) is 6.10 Å². The van der Waals surface area contributed by atoms with Crippen LogP contribution in [0, 0.1) is 40.4 Å². The number of hydrogen-bond donors (Lipinski definition) is 2. The molecule has 4 saturated carbocycles. The van der Waals surface area contributed by atoms with Crippen LogP contribution in [-0.4, -0.2) is 34.5 Å². The zero-order chi connectivity index (χ0) is 17.3. The molecule has 0 bridgehead atoms. The van der Waals surface area contributed by atoms with Crippen LogP contribution >= 0.6 is 0 Å². The highest BCUT2D eigenvalue weighted by atomic mass is 16.3. The number of carbonyl (C=O) groups excluding carboxylic acids is 2. The topological polar surface area (TPSA) is 74.6 Å². The minimum absolute atomic E-state index is 0.0179. The van der Waals surface area contributed by atoms with E-state index < -0.39 is 6.10 Å². The Morgan fingerprint density at radius 3 is 2.38 bits per heavy atom. The van der Waals surface area contributed by atoms with Crippen molar-refractivity contribution >= 4 is 12.1 Å². The molecule has 0 saturated heterocycles. The second kappa shape index (κ2) is 5.38. The maximum absolute atomic E-state index is 12.7. The zero-order valence-corrected chi connectivity index (χ0v) is 14.8. The van der Waals surface area contributed by atoms with Crippen LogP contribution in [0.2, 0.25) is 0 Å². The van der Waals surface area contributed by atoms with Crippen molar-refractivity contribution in [3.8, 4) is 0 Å². The first kappa shape index (κ1) is 16.7. The summed E-state index contributed by atoms with van der Waals surface area (Å²) in [4.78, 5) is 24.5. The normalized spacial score (nSPS) is 57.0. The van der Waals surface area contributed by atoms with Gasteiger partial charge in [-0.25, -0.2) is 0 Å². The quantitative estimate of drug-likeness (QED) is 0.722. The number of aliphatic hydroxyl groups is 2. The van der Waals surface area contributed by atoms with Gasteiger partial charge in [0, 0.05) is 11.8 Å². The van der Waals surface area contributed by atoms with Crippen LogP contribution in [0.4, 0.5) is 0 Å². The van der Waals surface area contributed by atoms with Crippen molar-refractivity contribution < 1.29 is 19.8 Å². The lowest BCUT2D eigenvalue weighted by Gasteiger charge is -2.61. The summed E-state index contributed by atoms with van der Waals surface area (Å²) in [7, 11) is 0. The fourth-order valence-corrected chi connectivity index (χ4v) is 7.39. The molecule has 9 atom stereocenters. The fourth-order valence-electron chi connectivity index (χ4n) is 7.39. The molecule has 0 heterocycles. The van der Waals surface area contributed by atoms with Gasteiger partial charge in [-0.2, -0.15) is 0 Å². The molecule has 0 aliphatic heterocycles. The number of ketones is 1. The lowest BCUT2D eigenvalue weighted by molar-refractivity contribution is -0.173. The second-order valence-corrected chi connectivity index (χ2v) is 9.49. The Labute approximate surface area is 144 Å². The van der Waals surface area contributed by atoms with E-state index in [2.05, 4.69) is 13.8 Å². The average molecular weight is 334 g/mol. The fraction of sp³-hybridized carbons (Fsp3) is 0.900. The monoisotopic (exact) mass is 334 g/mol. The molecule has 0 aromatic heterocycles. The molecule has 2 N–H and O–H groups in total. The first-order valence-corrected chi connectivity index (χ1v) is 9.68. The highest BCUT2D eigenvalue weighted by molar-refractivity contribution is 5.89. The van der Waals surface area contributed by atoms with Gasteiger partial charge in [-0.15, -0.1) is 0 Å². The van der Waals surface area contributed by atoms with E-state index in [1.54, 1.807) is 0 Å². The minimum atomic E-state index is -0.885. The average Bonchev–Trinajstić information content (AvgIpc) is 2.86. The van der Waals surface area contributed by atoms with Crippen LogP contribution in [0.3, 0.4) is 0 Å². The Hall–Kier alpha value is -0.740. The van der Waals surface area contributed by atoms with Gasteiger partial charge in [0.1, 0.15) is 12.4 Å². The van der Waals surface area contributed by atoms with Crippen molar-refractivity contribution in [2.24, 2.45) is 40.4 Å². The second-order valence-electron chi connectivity index (χ2n) is 9.49. The Morgan fingerprint density at radius 2 is 1.67 bits per heavy atom. The lowest BCUT2D eigenvalue weighted by atomic mass is 9.43. The number of Topliss-reactive ketones (excluding diaryl/α,β-unsaturated/α-hetero) is 1. The Kier molecular flexibility index (Phi) is 3.74. The van der Waals surface area contributed by atoms with Crippen LogP contribution in [-0.2, 0) is 9.59 Å². The van der Waals surface area contributed by atoms with Crippen molar-refractivity contribution in [1.29, 1.82) is 0 Å². The van der Waals surface area contributed by atoms with E-state index >= 15 is 0 Å². The van der Waals surface area contributed by atoms with Crippen LogP contribution in [0.15, 0.2) is 0 Å². The van der Waals surface area contributed by atoms with Crippen molar-refractivity contribution in [2.75, 3.05) is 0 Å². The standard InChI is InChI=1S/C20H30O4/c1-19-7-5-14-12(13(19)3-4-16(19)23)9-11(10-21)17-18(24)15(22)6-8-20(14,17)2/h10-17,22-23H,3-9H2,1-2H3/t11?,12-,13-,14-,15-,16-,17?,19-,20+/m0/s1. The molecule has 0 spiro atoms. The number of fused-ring (bicyclic) bond motifs is 5. The van der Waals surface area contributed by atoms with Crippen LogP contribution < -0.4 is 0 Å². The third-order valence-corrected chi connectivity index (χ3v) is 8.68. The smallest absolute Gasteiger partial charge is 0.165 e. The van der Waals surface area contributed by atoms with Crippen molar-refractivity contribution in [1.82, 2.24) is 0 Å². The van der Waals surface area contributed by atoms with E-state index in [1.807, 2.05) is 0 Å². The van der Waals surface area contributed by atoms with Crippen LogP contribution in [0.1, 0.15) is 58.8 Å². The first-order chi connectivity index (χ1) is 11.3. The van der Waals surface area contributed by atoms with Gasteiger partial charge < -0.3 is 15.0 Å². The van der Waals surface area contributed by atoms with Gasteiger partial charge in [-0.1, -0.05) is 13.8 Å². The van der Waals surface area contributed by atoms with Gasteiger partial charge in [0.2, 0.25) is 0 Å². The summed E-state index contributed by atoms with van der Waals surface area (Å²) >= 11 is 0. The molecule has 4 nitrogen and oxygen atoms in total. The molecule has 0 aromatic rings. The number of carbonyl (C=O) groups is 2. The van der Waals surface area contributed by atoms with E-state index in [9.17, 15) is 19.8 Å². The maximum atomic E-state index is 12.7. The Bertz CT molecular complexity index is 560. The predicted molar refractivity (Wildman–Crippen MR) is 89.1 cm³/mol. The van der Waals surface area contributed by atoms with Gasteiger partial charge in [-0.3, -0.25) is 4.79 Å². The highest BCUT2D eigenvalue weighted by Crippen LogP contribution is 2.66. The van der Waals surface area contributed by atoms with Gasteiger partial charge in [-0.05, 0) is 73.5 Å². The SMILES string of the molecule is C[C@]12CC[C@H]3[C@@H](CC(C=O)C4C(=O)[C@@H](O)CC[C@@]43C)[C@@H]1CC[C@@H]2O. The van der Waals surface area contributed by atoms with E-state index in [-0.39, 0.29) is 34.6 Å². The van der Waals surface area contributed by atoms with Crippen molar-refractivity contribution in [2.45, 2.75) is 71.0 Å². The van der Waals surface area contributed by atoms with E-state index in [0.717, 1.165) is 44.8 Å². The summed E-state index contributed by atoms with van der Waals surface area (Å²) < 4.78 is 0. The highest BCUT2D eigenvalue weighted by Gasteiger charge is 2.63. The minimum Gasteiger partial charge on any atom is -0.393 e. The zero-order valence-electron chi connectivity index (χ0n) is 14.8. The third-order valence-electron chi connectivity index (χ3n) is 8.68. The van der Waals surface area contributed by atoms with E-state index in [0.29, 0.717) is 24.2 Å². The molecular weight excluding hydrogens is 304 g/mol. The van der Waals surface area contributed by atoms with Gasteiger partial charge in [0.15, 0.2) is 5.78 Å². The molecule has 0 radical (unpaired) electrons. The largest absolute Gasteiger partial charge is 0.393 e. The molecule has 2 unspecified atom stereocenters. The molecule has 4 heteroatoms. The summed E-state index contributed by atoms with van der Waals surface area (Å²) in [5.41, 5.74) is -0.185. The molecule has 4 aliphatic rings. The summed E-state index contributed by atoms with van der Waals surface area (Å²) in [6.45, 7) is 4.43. The summed E-state index contributed by atoms with van der Waals surface area (Å²) in [6.07, 6.45) is 5.97. The molecule has 0 amide bonds. The summed E-state index contributed by atoms with van der Waals surface area (Å²) in [5, 5.41) is 20.6. The molecule has 134 valence electrons. The number of rotatable bonds is 1. The van der Waals surface area contributed by atoms with Crippen LogP contribution in [0.25, 0.3) is 0 Å². The van der Waals surface area contributed by atoms with Crippen LogP contribution in [0.5, 0.6) is 0 Å². The summed E-state index contributed by atoms with van der Waals surface area (Å²) in [6, 6.07) is 0. The maximum Gasteiger partial charge on any atom is 0.165 e. The Morgan fingerprint density at radius 1 is 1.00 bits per heavy atom. The molecule has 4 fully saturated rings. The summed E-state index contributed by atoms with van der Waals surface area (Å²) in [5.74, 6) is 0.668. The lowest BCUT2D eigenvalue weighted by Crippen LogP contribution is -2.60. The number of aldehydes is 1. The van der Waals surface area contributed by atoms with E-state index in [1.165, 1.54) is 0 Å². The van der Waals surface area contributed by atoms with Crippen molar-refractivity contribution in [3.05, 3.63) is 0 Å². The predicted octanol–water partition coefficient (Wildman–Crippen LogP) is 2.35. The van der Waals surface area contributed by atoms with E-state index in [4.69, 9.17) is 0 Å². The van der Waals surface area contributed by atoms with Crippen molar-refractivity contribution in [3.63, 3.8) is 0 Å². The third kappa shape index (κ3) is 1.99. The molecule has 4 aliphatic carbocycles. The molecule has 4 rings (SSSR count). The number of hydrogen-bond acceptors (Lipinski definition) is 4. The molecule has 24 heavy (non-hydrogen) atoms. The molecule has 0 aromatic carbocycles. The molecular formula is C20H30O4. The first-order valence-electron chi connectivity index (χ1n) is 9.68.